The first kappa shape index (κ1) is 36.5. The fourth-order valence-corrected chi connectivity index (χ4v) is 9.75. The molecule has 6 aromatic carbocycles. The highest BCUT2D eigenvalue weighted by atomic mass is 15.2. The van der Waals surface area contributed by atoms with Crippen molar-refractivity contribution in [2.75, 3.05) is 18.5 Å². The molecule has 0 fully saturated rings. The Balaban J connectivity index is 1.33. The molecule has 0 bridgehead atoms. The first-order valence-electron chi connectivity index (χ1n) is 20.4. The fourth-order valence-electron chi connectivity index (χ4n) is 9.75. The summed E-state index contributed by atoms with van der Waals surface area (Å²) in [5, 5.41) is 2.59. The number of unbranched alkanes of at least 4 members (excludes halogenated alkanes) is 2. The van der Waals surface area contributed by atoms with Crippen molar-refractivity contribution in [2.45, 2.75) is 77.0 Å². The van der Waals surface area contributed by atoms with Gasteiger partial charge in [0.25, 0.3) is 0 Å². The minimum Gasteiger partial charge on any atom is -0.347 e. The van der Waals surface area contributed by atoms with Gasteiger partial charge in [0, 0.05) is 47.7 Å². The van der Waals surface area contributed by atoms with Crippen LogP contribution in [-0.2, 0) is 30.1 Å². The average Bonchev–Trinajstić information content (AvgIpc) is 3.57. The van der Waals surface area contributed by atoms with Crippen LogP contribution in [0.3, 0.4) is 0 Å². The lowest BCUT2D eigenvalue weighted by Gasteiger charge is -2.34. The van der Waals surface area contributed by atoms with Gasteiger partial charge in [-0.15, -0.1) is 0 Å². The Morgan fingerprint density at radius 3 is 1.98 bits per heavy atom. The number of hydrogen-bond acceptors (Lipinski definition) is 1. The van der Waals surface area contributed by atoms with Crippen LogP contribution in [-0.4, -0.2) is 23.9 Å². The molecule has 55 heavy (non-hydrogen) atoms. The highest BCUT2D eigenvalue weighted by Gasteiger charge is 2.49. The van der Waals surface area contributed by atoms with Crippen molar-refractivity contribution in [1.29, 1.82) is 0 Å². The molecule has 8 rings (SSSR count). The van der Waals surface area contributed by atoms with Crippen molar-refractivity contribution in [1.82, 2.24) is 0 Å². The van der Waals surface area contributed by atoms with Gasteiger partial charge in [-0.25, -0.2) is 0 Å². The van der Waals surface area contributed by atoms with E-state index in [9.17, 15) is 0 Å². The van der Waals surface area contributed by atoms with Gasteiger partial charge in [-0.2, -0.15) is 4.58 Å². The molecule has 0 spiro atoms. The SMILES string of the molecule is CCCCC[N+]1=C(C=CC=C2N(C)c3c(ccc4ccccc34)C2(Cc2ccccc2C)Cc2ccccc2C)C(C)(Cc2ccccc2)c2ccccc21. The number of fused-ring (bicyclic) bond motifs is 4. The Bertz CT molecular complexity index is 2380. The largest absolute Gasteiger partial charge is 0.347 e. The van der Waals surface area contributed by atoms with E-state index in [1.54, 1.807) is 0 Å². The molecule has 0 N–H and O–H groups in total. The van der Waals surface area contributed by atoms with Crippen LogP contribution in [0, 0.1) is 13.8 Å². The van der Waals surface area contributed by atoms with E-state index in [2.05, 4.69) is 202 Å². The normalized spacial score (nSPS) is 18.1. The molecule has 0 aromatic heterocycles. The van der Waals surface area contributed by atoms with Crippen LogP contribution in [0.2, 0.25) is 0 Å². The lowest BCUT2D eigenvalue weighted by Crippen LogP contribution is -2.35. The van der Waals surface area contributed by atoms with Crippen LogP contribution >= 0.6 is 0 Å². The number of nitrogens with zero attached hydrogens (tertiary/aromatic N) is 2. The lowest BCUT2D eigenvalue weighted by atomic mass is 9.69. The molecule has 0 saturated heterocycles. The first-order valence-corrected chi connectivity index (χ1v) is 20.4. The Morgan fingerprint density at radius 2 is 1.27 bits per heavy atom. The number of anilines is 1. The van der Waals surface area contributed by atoms with Crippen LogP contribution < -0.4 is 4.90 Å². The number of rotatable bonds is 12. The van der Waals surface area contributed by atoms with Crippen LogP contribution in [0.15, 0.2) is 163 Å². The Morgan fingerprint density at radius 1 is 0.636 bits per heavy atom. The molecular formula is C53H55N2+. The van der Waals surface area contributed by atoms with Gasteiger partial charge in [0.2, 0.25) is 5.69 Å². The maximum Gasteiger partial charge on any atom is 0.209 e. The number of aryl methyl sites for hydroxylation is 2. The summed E-state index contributed by atoms with van der Waals surface area (Å²) < 4.78 is 2.64. The van der Waals surface area contributed by atoms with Crippen LogP contribution in [0.1, 0.15) is 72.1 Å². The summed E-state index contributed by atoms with van der Waals surface area (Å²) in [5.41, 5.74) is 14.7. The van der Waals surface area contributed by atoms with Gasteiger partial charge in [0.15, 0.2) is 5.71 Å². The topological polar surface area (TPSA) is 6.25 Å². The van der Waals surface area contributed by atoms with E-state index in [4.69, 9.17) is 0 Å². The first-order chi connectivity index (χ1) is 26.8. The molecule has 2 heterocycles. The van der Waals surface area contributed by atoms with E-state index >= 15 is 0 Å². The quantitative estimate of drug-likeness (QED) is 0.0901. The second kappa shape index (κ2) is 15.3. The zero-order chi connectivity index (χ0) is 38.0. The van der Waals surface area contributed by atoms with Crippen LogP contribution in [0.25, 0.3) is 10.8 Å². The summed E-state index contributed by atoms with van der Waals surface area (Å²) in [6.07, 6.45) is 13.7. The van der Waals surface area contributed by atoms with Crippen molar-refractivity contribution < 1.29 is 4.58 Å². The summed E-state index contributed by atoms with van der Waals surface area (Å²) in [4.78, 5) is 2.52. The third kappa shape index (κ3) is 6.67. The summed E-state index contributed by atoms with van der Waals surface area (Å²) >= 11 is 0. The number of hydrogen-bond donors (Lipinski definition) is 0. The molecule has 1 atom stereocenters. The average molecular weight is 720 g/mol. The van der Waals surface area contributed by atoms with Crippen molar-refractivity contribution in [3.63, 3.8) is 0 Å². The molecular weight excluding hydrogens is 665 g/mol. The highest BCUT2D eigenvalue weighted by molar-refractivity contribution is 6.04. The van der Waals surface area contributed by atoms with Gasteiger partial charge in [-0.3, -0.25) is 0 Å². The van der Waals surface area contributed by atoms with E-state index in [1.807, 2.05) is 0 Å². The van der Waals surface area contributed by atoms with Crippen LogP contribution in [0.5, 0.6) is 0 Å². The third-order valence-corrected chi connectivity index (χ3v) is 12.6. The maximum atomic E-state index is 2.64. The highest BCUT2D eigenvalue weighted by Crippen LogP contribution is 2.54. The predicted molar refractivity (Wildman–Crippen MR) is 234 cm³/mol. The van der Waals surface area contributed by atoms with Crippen molar-refractivity contribution in [2.24, 2.45) is 0 Å². The number of benzene rings is 6. The Kier molecular flexibility index (Phi) is 10.2. The zero-order valence-electron chi connectivity index (χ0n) is 33.4. The van der Waals surface area contributed by atoms with Gasteiger partial charge in [-0.05, 0) is 91.3 Å². The zero-order valence-corrected chi connectivity index (χ0v) is 33.4. The smallest absolute Gasteiger partial charge is 0.209 e. The molecule has 2 heteroatoms. The predicted octanol–water partition coefficient (Wildman–Crippen LogP) is 12.6. The number of para-hydroxylation sites is 1. The minimum atomic E-state index is -0.284. The molecule has 0 aliphatic carbocycles. The van der Waals surface area contributed by atoms with Gasteiger partial charge in [0.05, 0.1) is 11.1 Å². The van der Waals surface area contributed by atoms with E-state index in [0.29, 0.717) is 0 Å². The van der Waals surface area contributed by atoms with E-state index in [1.165, 1.54) is 91.8 Å². The number of likely N-dealkylation sites (N-methyl/N-ethyl adjacent to an activating group) is 1. The molecule has 0 amide bonds. The van der Waals surface area contributed by atoms with Gasteiger partial charge in [-0.1, -0.05) is 153 Å². The number of allylic oxidation sites excluding steroid dienone is 4. The summed E-state index contributed by atoms with van der Waals surface area (Å²) in [5.74, 6) is 0. The van der Waals surface area contributed by atoms with Crippen LogP contribution in [0.4, 0.5) is 11.4 Å². The van der Waals surface area contributed by atoms with Gasteiger partial charge in [0.1, 0.15) is 6.54 Å². The third-order valence-electron chi connectivity index (χ3n) is 12.6. The second-order valence-electron chi connectivity index (χ2n) is 16.2. The second-order valence-corrected chi connectivity index (χ2v) is 16.2. The van der Waals surface area contributed by atoms with Gasteiger partial charge >= 0.3 is 0 Å². The molecule has 276 valence electrons. The summed E-state index contributed by atoms with van der Waals surface area (Å²) in [6, 6.07) is 51.9. The van der Waals surface area contributed by atoms with E-state index < -0.39 is 0 Å². The molecule has 2 nitrogen and oxygen atoms in total. The molecule has 2 aliphatic heterocycles. The fraction of sp³-hybridized carbons (Fsp3) is 0.264. The Labute approximate surface area is 329 Å². The molecule has 2 aliphatic rings. The van der Waals surface area contributed by atoms with Crippen molar-refractivity contribution >= 4 is 27.9 Å². The molecule has 0 saturated carbocycles. The lowest BCUT2D eigenvalue weighted by molar-refractivity contribution is -0.438. The summed E-state index contributed by atoms with van der Waals surface area (Å²) in [7, 11) is 2.30. The minimum absolute atomic E-state index is 0.167. The van der Waals surface area contributed by atoms with Gasteiger partial charge < -0.3 is 4.90 Å². The van der Waals surface area contributed by atoms with Crippen molar-refractivity contribution in [3.05, 3.63) is 202 Å². The molecule has 1 unspecified atom stereocenters. The Hall–Kier alpha value is -5.47. The molecule has 6 aromatic rings. The van der Waals surface area contributed by atoms with E-state index in [-0.39, 0.29) is 10.8 Å². The molecule has 0 radical (unpaired) electrons. The summed E-state index contributed by atoms with van der Waals surface area (Å²) in [6.45, 7) is 10.3. The monoisotopic (exact) mass is 719 g/mol. The standard InChI is InChI=1S/C53H55N2/c1-6-7-19-35-55-48-30-18-17-29-46(48)52(4,36-41-23-9-8-10-24-41)49(55)31-20-32-50-53(37-43-26-13-11-21-39(43)2,38-44-27-14-12-22-40(44)3)47-34-33-42-25-15-16-28-45(42)51(47)54(50)5/h8-18,20-34H,6-7,19,35-38H2,1-5H3/q+1. The van der Waals surface area contributed by atoms with E-state index in [0.717, 1.165) is 25.8 Å². The van der Waals surface area contributed by atoms with Crippen molar-refractivity contribution in [3.8, 4) is 0 Å². The maximum absolute atomic E-state index is 2.64.